The van der Waals surface area contributed by atoms with E-state index < -0.39 is 6.04 Å². The Morgan fingerprint density at radius 2 is 2.16 bits per heavy atom. The Hall–Kier alpha value is -1.21. The highest BCUT2D eigenvalue weighted by Crippen LogP contribution is 2.14. The summed E-state index contributed by atoms with van der Waals surface area (Å²) < 4.78 is 0.661. The number of thiazole rings is 1. The molecule has 0 aliphatic rings. The predicted octanol–water partition coefficient (Wildman–Crippen LogP) is 1.69. The summed E-state index contributed by atoms with van der Waals surface area (Å²) in [5, 5.41) is 5.42. The van der Waals surface area contributed by atoms with Crippen LogP contribution >= 0.6 is 23.6 Å². The van der Waals surface area contributed by atoms with Crippen molar-refractivity contribution in [3.8, 4) is 0 Å². The third kappa shape index (κ3) is 5.12. The maximum absolute atomic E-state index is 11.8. The van der Waals surface area contributed by atoms with Crippen LogP contribution in [0.15, 0.2) is 0 Å². The zero-order valence-electron chi connectivity index (χ0n) is 11.3. The van der Waals surface area contributed by atoms with Gasteiger partial charge in [-0.1, -0.05) is 6.92 Å². The number of hydrogen-bond donors (Lipinski definition) is 3. The fourth-order valence-electron chi connectivity index (χ4n) is 1.51. The summed E-state index contributed by atoms with van der Waals surface area (Å²) in [6, 6.07) is -0.522. The smallest absolute Gasteiger partial charge is 0.242 e. The van der Waals surface area contributed by atoms with Crippen LogP contribution in [0, 0.1) is 10.9 Å². The number of nitrogens with one attached hydrogen (secondary N) is 3. The van der Waals surface area contributed by atoms with Crippen LogP contribution in [0.4, 0.5) is 0 Å². The van der Waals surface area contributed by atoms with Gasteiger partial charge in [0.05, 0.1) is 6.42 Å². The largest absolute Gasteiger partial charge is 0.354 e. The van der Waals surface area contributed by atoms with Gasteiger partial charge in [0.1, 0.15) is 6.04 Å². The highest BCUT2D eigenvalue weighted by atomic mass is 32.1. The van der Waals surface area contributed by atoms with Gasteiger partial charge in [0.15, 0.2) is 3.95 Å². The van der Waals surface area contributed by atoms with Crippen molar-refractivity contribution >= 4 is 35.4 Å². The van der Waals surface area contributed by atoms with Crippen LogP contribution in [0.5, 0.6) is 0 Å². The lowest BCUT2D eigenvalue weighted by molar-refractivity contribution is -0.128. The standard InChI is InChI=1S/C12H19N3O2S2/c1-4-5-13-11(17)8(3)14-10(16)6-9-7(2)15-12(18)19-9/h8H,4-6H2,1-3H3,(H,13,17)(H,14,16)(H,15,18). The number of rotatable bonds is 6. The molecule has 1 heterocycles. The quantitative estimate of drug-likeness (QED) is 0.700. The van der Waals surface area contributed by atoms with Crippen molar-refractivity contribution < 1.29 is 9.59 Å². The summed E-state index contributed by atoms with van der Waals surface area (Å²) in [6.45, 7) is 6.16. The van der Waals surface area contributed by atoms with Crippen molar-refractivity contribution in [3.63, 3.8) is 0 Å². The van der Waals surface area contributed by atoms with Crippen molar-refractivity contribution in [2.75, 3.05) is 6.54 Å². The van der Waals surface area contributed by atoms with E-state index in [0.717, 1.165) is 17.0 Å². The Bertz CT molecular complexity index is 507. The number of aromatic amines is 1. The van der Waals surface area contributed by atoms with Crippen LogP contribution in [0.2, 0.25) is 0 Å². The Morgan fingerprint density at radius 1 is 1.47 bits per heavy atom. The Kier molecular flexibility index (Phi) is 6.17. The van der Waals surface area contributed by atoms with Gasteiger partial charge in [-0.05, 0) is 32.5 Å². The van der Waals surface area contributed by atoms with Crippen LogP contribution in [0.25, 0.3) is 0 Å². The zero-order chi connectivity index (χ0) is 14.4. The number of aryl methyl sites for hydroxylation is 1. The molecule has 1 aromatic rings. The Morgan fingerprint density at radius 3 is 2.68 bits per heavy atom. The molecule has 0 radical (unpaired) electrons. The lowest BCUT2D eigenvalue weighted by atomic mass is 10.2. The fraction of sp³-hybridized carbons (Fsp3) is 0.583. The van der Waals surface area contributed by atoms with E-state index in [-0.39, 0.29) is 18.2 Å². The Balaban J connectivity index is 2.49. The molecule has 19 heavy (non-hydrogen) atoms. The summed E-state index contributed by atoms with van der Waals surface area (Å²) >= 11 is 6.41. The van der Waals surface area contributed by atoms with E-state index >= 15 is 0 Å². The maximum Gasteiger partial charge on any atom is 0.242 e. The first-order valence-electron chi connectivity index (χ1n) is 6.19. The second-order valence-corrected chi connectivity index (χ2v) is 6.09. The molecule has 0 aromatic carbocycles. The summed E-state index contributed by atoms with van der Waals surface area (Å²) in [7, 11) is 0. The number of amides is 2. The van der Waals surface area contributed by atoms with Crippen molar-refractivity contribution in [3.05, 3.63) is 14.5 Å². The fourth-order valence-corrected chi connectivity index (χ4v) is 2.80. The minimum Gasteiger partial charge on any atom is -0.354 e. The van der Waals surface area contributed by atoms with Gasteiger partial charge >= 0.3 is 0 Å². The highest BCUT2D eigenvalue weighted by molar-refractivity contribution is 7.73. The number of H-pyrrole nitrogens is 1. The molecule has 2 amide bonds. The van der Waals surface area contributed by atoms with Gasteiger partial charge in [0.25, 0.3) is 0 Å². The molecule has 0 spiro atoms. The van der Waals surface area contributed by atoms with Crippen LogP contribution in [0.1, 0.15) is 30.8 Å². The molecule has 1 unspecified atom stereocenters. The third-order valence-electron chi connectivity index (χ3n) is 2.56. The molecule has 7 heteroatoms. The Labute approximate surface area is 121 Å². The summed E-state index contributed by atoms with van der Waals surface area (Å²) in [4.78, 5) is 27.3. The normalized spacial score (nSPS) is 11.9. The number of hydrogen-bond acceptors (Lipinski definition) is 4. The monoisotopic (exact) mass is 301 g/mol. The minimum atomic E-state index is -0.522. The third-order valence-corrected chi connectivity index (χ3v) is 3.90. The van der Waals surface area contributed by atoms with Crippen molar-refractivity contribution in [2.24, 2.45) is 0 Å². The molecule has 0 saturated carbocycles. The SMILES string of the molecule is CCCNC(=O)C(C)NC(=O)Cc1sc(=S)[nH]c1C. The average molecular weight is 301 g/mol. The average Bonchev–Trinajstić information content (AvgIpc) is 2.64. The van der Waals surface area contributed by atoms with Crippen molar-refractivity contribution in [1.29, 1.82) is 0 Å². The van der Waals surface area contributed by atoms with Gasteiger partial charge in [0.2, 0.25) is 11.8 Å². The second-order valence-electron chi connectivity index (χ2n) is 4.32. The first-order valence-corrected chi connectivity index (χ1v) is 7.42. The molecule has 3 N–H and O–H groups in total. The lowest BCUT2D eigenvalue weighted by Crippen LogP contribution is -2.45. The van der Waals surface area contributed by atoms with Gasteiger partial charge in [-0.3, -0.25) is 9.59 Å². The molecule has 0 bridgehead atoms. The maximum atomic E-state index is 11.8. The molecule has 1 aromatic heterocycles. The molecular formula is C12H19N3O2S2. The van der Waals surface area contributed by atoms with E-state index in [1.54, 1.807) is 6.92 Å². The van der Waals surface area contributed by atoms with Crippen molar-refractivity contribution in [2.45, 2.75) is 39.7 Å². The van der Waals surface area contributed by atoms with Gasteiger partial charge < -0.3 is 15.6 Å². The first kappa shape index (κ1) is 15.8. The van der Waals surface area contributed by atoms with Gasteiger partial charge in [-0.15, -0.1) is 11.3 Å². The number of carbonyl (C=O) groups excluding carboxylic acids is 2. The summed E-state index contributed by atoms with van der Waals surface area (Å²) in [6.07, 6.45) is 1.12. The van der Waals surface area contributed by atoms with E-state index in [0.29, 0.717) is 10.5 Å². The molecule has 0 aliphatic heterocycles. The molecule has 0 fully saturated rings. The highest BCUT2D eigenvalue weighted by Gasteiger charge is 2.16. The predicted molar refractivity (Wildman–Crippen MR) is 78.9 cm³/mol. The lowest BCUT2D eigenvalue weighted by Gasteiger charge is -2.13. The first-order chi connectivity index (χ1) is 8.93. The van der Waals surface area contributed by atoms with E-state index in [9.17, 15) is 9.59 Å². The van der Waals surface area contributed by atoms with Crippen LogP contribution in [-0.2, 0) is 16.0 Å². The summed E-state index contributed by atoms with van der Waals surface area (Å²) in [5.74, 6) is -0.332. The minimum absolute atomic E-state index is 0.159. The van der Waals surface area contributed by atoms with E-state index in [4.69, 9.17) is 12.2 Å². The number of aromatic nitrogens is 1. The zero-order valence-corrected chi connectivity index (χ0v) is 13.0. The number of carbonyl (C=O) groups is 2. The topological polar surface area (TPSA) is 74.0 Å². The van der Waals surface area contributed by atoms with Gasteiger partial charge in [-0.25, -0.2) is 0 Å². The van der Waals surface area contributed by atoms with Gasteiger partial charge in [0, 0.05) is 17.1 Å². The molecule has 106 valence electrons. The molecule has 5 nitrogen and oxygen atoms in total. The second kappa shape index (κ2) is 7.40. The van der Waals surface area contributed by atoms with Crippen LogP contribution in [0.3, 0.4) is 0 Å². The van der Waals surface area contributed by atoms with E-state index in [1.807, 2.05) is 13.8 Å². The summed E-state index contributed by atoms with van der Waals surface area (Å²) in [5.41, 5.74) is 0.910. The van der Waals surface area contributed by atoms with E-state index in [1.165, 1.54) is 11.3 Å². The molecule has 1 atom stereocenters. The van der Waals surface area contributed by atoms with Crippen LogP contribution in [-0.4, -0.2) is 29.4 Å². The molecule has 0 saturated heterocycles. The molecule has 1 rings (SSSR count). The molecular weight excluding hydrogens is 282 g/mol. The van der Waals surface area contributed by atoms with E-state index in [2.05, 4.69) is 15.6 Å². The molecule has 0 aliphatic carbocycles. The van der Waals surface area contributed by atoms with Crippen LogP contribution < -0.4 is 10.6 Å². The van der Waals surface area contributed by atoms with Gasteiger partial charge in [-0.2, -0.15) is 0 Å². The van der Waals surface area contributed by atoms with Crippen molar-refractivity contribution in [1.82, 2.24) is 15.6 Å².